The molecule has 2 aliphatic rings. The number of fused-ring (bicyclic) bond motifs is 1. The summed E-state index contributed by atoms with van der Waals surface area (Å²) >= 11 is 3.66. The molecule has 1 amide bonds. The van der Waals surface area contributed by atoms with Crippen molar-refractivity contribution in [2.45, 2.75) is 44.0 Å². The van der Waals surface area contributed by atoms with Crippen LogP contribution < -0.4 is 0 Å². The third kappa shape index (κ3) is 2.70. The Morgan fingerprint density at radius 2 is 1.75 bits per heavy atom. The van der Waals surface area contributed by atoms with Gasteiger partial charge in [0.05, 0.1) is 0 Å². The SMILES string of the molecule is CC(C)(C)OC(=O)N1CC2CC(Br)CC2C1. The third-order valence-corrected chi connectivity index (χ3v) is 4.09. The van der Waals surface area contributed by atoms with Crippen molar-refractivity contribution in [2.24, 2.45) is 11.8 Å². The predicted molar refractivity (Wildman–Crippen MR) is 66.7 cm³/mol. The monoisotopic (exact) mass is 289 g/mol. The molecule has 2 unspecified atom stereocenters. The third-order valence-electron chi connectivity index (χ3n) is 3.35. The fourth-order valence-electron chi connectivity index (χ4n) is 2.70. The fraction of sp³-hybridized carbons (Fsp3) is 0.917. The molecule has 0 N–H and O–H groups in total. The molecule has 0 aromatic rings. The first-order chi connectivity index (χ1) is 7.35. The van der Waals surface area contributed by atoms with Gasteiger partial charge < -0.3 is 9.64 Å². The van der Waals surface area contributed by atoms with Crippen LogP contribution in [-0.2, 0) is 4.74 Å². The molecule has 0 bridgehead atoms. The molecule has 1 heterocycles. The first kappa shape index (κ1) is 12.2. The van der Waals surface area contributed by atoms with Gasteiger partial charge in [-0.1, -0.05) is 15.9 Å². The van der Waals surface area contributed by atoms with Crippen LogP contribution in [-0.4, -0.2) is 34.5 Å². The lowest BCUT2D eigenvalue weighted by Gasteiger charge is -2.25. The second-order valence-corrected chi connectivity index (χ2v) is 7.27. The summed E-state index contributed by atoms with van der Waals surface area (Å²) in [6.07, 6.45) is 2.25. The Labute approximate surface area is 106 Å². The van der Waals surface area contributed by atoms with E-state index in [0.717, 1.165) is 13.1 Å². The van der Waals surface area contributed by atoms with Crippen LogP contribution in [0.5, 0.6) is 0 Å². The minimum absolute atomic E-state index is 0.145. The summed E-state index contributed by atoms with van der Waals surface area (Å²) in [7, 11) is 0. The number of hydrogen-bond donors (Lipinski definition) is 0. The highest BCUT2D eigenvalue weighted by atomic mass is 79.9. The van der Waals surface area contributed by atoms with Crippen molar-refractivity contribution < 1.29 is 9.53 Å². The maximum Gasteiger partial charge on any atom is 0.410 e. The molecule has 1 aliphatic carbocycles. The highest BCUT2D eigenvalue weighted by Gasteiger charge is 2.42. The van der Waals surface area contributed by atoms with E-state index < -0.39 is 0 Å². The largest absolute Gasteiger partial charge is 0.444 e. The van der Waals surface area contributed by atoms with Gasteiger partial charge in [0.1, 0.15) is 5.60 Å². The lowest BCUT2D eigenvalue weighted by atomic mass is 10.0. The van der Waals surface area contributed by atoms with E-state index in [0.29, 0.717) is 16.7 Å². The summed E-state index contributed by atoms with van der Waals surface area (Å²) in [6, 6.07) is 0. The van der Waals surface area contributed by atoms with Gasteiger partial charge in [-0.15, -0.1) is 0 Å². The molecule has 1 aliphatic heterocycles. The molecule has 92 valence electrons. The maximum atomic E-state index is 11.9. The average Bonchev–Trinajstić information content (AvgIpc) is 2.56. The number of hydrogen-bond acceptors (Lipinski definition) is 2. The van der Waals surface area contributed by atoms with Crippen LogP contribution in [0.2, 0.25) is 0 Å². The molecule has 2 rings (SSSR count). The van der Waals surface area contributed by atoms with Gasteiger partial charge in [-0.25, -0.2) is 4.79 Å². The van der Waals surface area contributed by atoms with Crippen LogP contribution in [0.15, 0.2) is 0 Å². The van der Waals surface area contributed by atoms with Crippen LogP contribution in [0.1, 0.15) is 33.6 Å². The first-order valence-electron chi connectivity index (χ1n) is 5.97. The molecule has 0 aromatic heterocycles. The van der Waals surface area contributed by atoms with Crippen LogP contribution in [0.3, 0.4) is 0 Å². The quantitative estimate of drug-likeness (QED) is 0.642. The van der Waals surface area contributed by atoms with E-state index in [-0.39, 0.29) is 11.7 Å². The molecule has 16 heavy (non-hydrogen) atoms. The highest BCUT2D eigenvalue weighted by molar-refractivity contribution is 9.09. The van der Waals surface area contributed by atoms with Gasteiger partial charge in [0.2, 0.25) is 0 Å². The summed E-state index contributed by atoms with van der Waals surface area (Å²) in [4.78, 5) is 14.4. The molecule has 2 atom stereocenters. The number of carbonyl (C=O) groups excluding carboxylic acids is 1. The van der Waals surface area contributed by atoms with Crippen LogP contribution in [0.4, 0.5) is 4.79 Å². The molecule has 0 radical (unpaired) electrons. The highest BCUT2D eigenvalue weighted by Crippen LogP contribution is 2.41. The zero-order valence-corrected chi connectivity index (χ0v) is 11.8. The summed E-state index contributed by atoms with van der Waals surface area (Å²) < 4.78 is 5.39. The van der Waals surface area contributed by atoms with E-state index >= 15 is 0 Å². The number of likely N-dealkylation sites (tertiary alicyclic amines) is 1. The van der Waals surface area contributed by atoms with Crippen molar-refractivity contribution in [1.29, 1.82) is 0 Å². The Balaban J connectivity index is 1.88. The molecule has 3 nitrogen and oxygen atoms in total. The van der Waals surface area contributed by atoms with Gasteiger partial charge in [0.15, 0.2) is 0 Å². The molecule has 0 aromatic carbocycles. The van der Waals surface area contributed by atoms with Crippen LogP contribution in [0, 0.1) is 11.8 Å². The number of halogens is 1. The molecular weight excluding hydrogens is 270 g/mol. The summed E-state index contributed by atoms with van der Waals surface area (Å²) in [5, 5.41) is 0. The van der Waals surface area contributed by atoms with E-state index in [1.54, 1.807) is 0 Å². The summed E-state index contributed by atoms with van der Waals surface area (Å²) in [5.74, 6) is 1.36. The van der Waals surface area contributed by atoms with Gasteiger partial charge >= 0.3 is 6.09 Å². The average molecular weight is 290 g/mol. The minimum Gasteiger partial charge on any atom is -0.444 e. The van der Waals surface area contributed by atoms with Gasteiger partial charge in [0, 0.05) is 17.9 Å². The van der Waals surface area contributed by atoms with Gasteiger partial charge in [-0.2, -0.15) is 0 Å². The topological polar surface area (TPSA) is 29.5 Å². The fourth-order valence-corrected chi connectivity index (χ4v) is 3.66. The molecule has 4 heteroatoms. The Morgan fingerprint density at radius 3 is 2.19 bits per heavy atom. The van der Waals surface area contributed by atoms with Crippen molar-refractivity contribution in [3.05, 3.63) is 0 Å². The lowest BCUT2D eigenvalue weighted by molar-refractivity contribution is 0.0281. The van der Waals surface area contributed by atoms with Crippen molar-refractivity contribution in [2.75, 3.05) is 13.1 Å². The number of rotatable bonds is 0. The van der Waals surface area contributed by atoms with E-state index in [9.17, 15) is 4.79 Å². The van der Waals surface area contributed by atoms with Crippen LogP contribution >= 0.6 is 15.9 Å². The van der Waals surface area contributed by atoms with Crippen molar-refractivity contribution in [1.82, 2.24) is 4.90 Å². The molecule has 1 saturated heterocycles. The summed E-state index contributed by atoms with van der Waals surface area (Å²) in [6.45, 7) is 7.49. The molecule has 0 spiro atoms. The van der Waals surface area contributed by atoms with Gasteiger partial charge in [-0.05, 0) is 45.4 Å². The van der Waals surface area contributed by atoms with Crippen LogP contribution in [0.25, 0.3) is 0 Å². The number of ether oxygens (including phenoxy) is 1. The smallest absolute Gasteiger partial charge is 0.410 e. The molecule has 1 saturated carbocycles. The second-order valence-electron chi connectivity index (χ2n) is 5.97. The Bertz CT molecular complexity index is 273. The second kappa shape index (κ2) is 4.21. The zero-order chi connectivity index (χ0) is 11.9. The Hall–Kier alpha value is -0.250. The van der Waals surface area contributed by atoms with E-state index in [2.05, 4.69) is 15.9 Å². The molecule has 2 fully saturated rings. The number of alkyl halides is 1. The maximum absolute atomic E-state index is 11.9. The standard InChI is InChI=1S/C12H20BrNO2/c1-12(2,3)16-11(15)14-6-8-4-10(13)5-9(8)7-14/h8-10H,4-7H2,1-3H3. The Kier molecular flexibility index (Phi) is 3.21. The first-order valence-corrected chi connectivity index (χ1v) is 6.89. The van der Waals surface area contributed by atoms with Gasteiger partial charge in [0.25, 0.3) is 0 Å². The molecular formula is C12H20BrNO2. The predicted octanol–water partition coefficient (Wildman–Crippen LogP) is 3.03. The zero-order valence-electron chi connectivity index (χ0n) is 10.2. The minimum atomic E-state index is -0.382. The van der Waals surface area contributed by atoms with E-state index in [1.807, 2.05) is 25.7 Å². The lowest BCUT2D eigenvalue weighted by Crippen LogP contribution is -2.36. The van der Waals surface area contributed by atoms with Crippen molar-refractivity contribution >= 4 is 22.0 Å². The van der Waals surface area contributed by atoms with Gasteiger partial charge in [-0.3, -0.25) is 0 Å². The van der Waals surface area contributed by atoms with Crippen molar-refractivity contribution in [3.8, 4) is 0 Å². The summed E-state index contributed by atoms with van der Waals surface area (Å²) in [5.41, 5.74) is -0.382. The number of amides is 1. The number of carbonyl (C=O) groups is 1. The van der Waals surface area contributed by atoms with E-state index in [4.69, 9.17) is 4.74 Å². The number of nitrogens with zero attached hydrogens (tertiary/aromatic N) is 1. The van der Waals surface area contributed by atoms with Crippen molar-refractivity contribution in [3.63, 3.8) is 0 Å². The van der Waals surface area contributed by atoms with E-state index in [1.165, 1.54) is 12.8 Å². The Morgan fingerprint density at radius 1 is 1.25 bits per heavy atom. The normalized spacial score (nSPS) is 34.0.